The Kier molecular flexibility index (Phi) is 4.21. The Bertz CT molecular complexity index is 1020. The summed E-state index contributed by atoms with van der Waals surface area (Å²) in [6.07, 6.45) is 3.71. The molecule has 0 radical (unpaired) electrons. The molecule has 0 atom stereocenters. The fourth-order valence-electron chi connectivity index (χ4n) is 2.51. The Morgan fingerprint density at radius 3 is 2.80 bits per heavy atom. The molecule has 1 amide bonds. The molecule has 25 heavy (non-hydrogen) atoms. The van der Waals surface area contributed by atoms with Crippen LogP contribution >= 0.6 is 22.9 Å². The molecule has 4 rings (SSSR count). The molecule has 0 bridgehead atoms. The van der Waals surface area contributed by atoms with Gasteiger partial charge in [0.2, 0.25) is 5.91 Å². The molecule has 0 aliphatic carbocycles. The van der Waals surface area contributed by atoms with E-state index < -0.39 is 0 Å². The summed E-state index contributed by atoms with van der Waals surface area (Å²) in [5.41, 5.74) is 2.84. The third-order valence-corrected chi connectivity index (χ3v) is 4.80. The van der Waals surface area contributed by atoms with Gasteiger partial charge in [0.05, 0.1) is 17.1 Å². The second-order valence-corrected chi connectivity index (χ2v) is 6.73. The van der Waals surface area contributed by atoms with Gasteiger partial charge in [0.1, 0.15) is 5.82 Å². The number of fused-ring (bicyclic) bond motifs is 1. The number of aromatic nitrogens is 3. The second kappa shape index (κ2) is 6.66. The summed E-state index contributed by atoms with van der Waals surface area (Å²) in [5.74, 6) is 0.348. The number of carbonyl (C=O) groups is 1. The summed E-state index contributed by atoms with van der Waals surface area (Å²) in [6, 6.07) is 13.3. The van der Waals surface area contributed by atoms with Crippen molar-refractivity contribution in [3.63, 3.8) is 0 Å². The number of halogens is 1. The van der Waals surface area contributed by atoms with Crippen LogP contribution < -0.4 is 5.32 Å². The van der Waals surface area contributed by atoms with E-state index in [-0.39, 0.29) is 12.3 Å². The van der Waals surface area contributed by atoms with Crippen molar-refractivity contribution in [2.45, 2.75) is 6.42 Å². The lowest BCUT2D eigenvalue weighted by Crippen LogP contribution is -2.16. The van der Waals surface area contributed by atoms with E-state index in [0.717, 1.165) is 21.9 Å². The van der Waals surface area contributed by atoms with Crippen LogP contribution in [0.25, 0.3) is 16.2 Å². The van der Waals surface area contributed by atoms with Gasteiger partial charge in [-0.05, 0) is 12.1 Å². The normalized spacial score (nSPS) is 10.9. The summed E-state index contributed by atoms with van der Waals surface area (Å²) in [4.78, 5) is 21.8. The van der Waals surface area contributed by atoms with Crippen molar-refractivity contribution in [3.05, 3.63) is 71.0 Å². The van der Waals surface area contributed by atoms with E-state index in [4.69, 9.17) is 11.6 Å². The first kappa shape index (κ1) is 15.8. The number of nitrogens with one attached hydrogen (secondary N) is 1. The van der Waals surface area contributed by atoms with Crippen LogP contribution in [-0.2, 0) is 11.2 Å². The molecule has 0 spiro atoms. The molecule has 0 unspecified atom stereocenters. The molecule has 3 heterocycles. The summed E-state index contributed by atoms with van der Waals surface area (Å²) >= 11 is 7.32. The van der Waals surface area contributed by atoms with Crippen molar-refractivity contribution in [2.24, 2.45) is 0 Å². The van der Waals surface area contributed by atoms with Crippen molar-refractivity contribution >= 4 is 39.6 Å². The molecule has 124 valence electrons. The second-order valence-electron chi connectivity index (χ2n) is 5.46. The maximum absolute atomic E-state index is 12.3. The van der Waals surface area contributed by atoms with Crippen LogP contribution in [0.4, 0.5) is 5.82 Å². The maximum atomic E-state index is 12.3. The number of nitrogens with zero attached hydrogens (tertiary/aromatic N) is 3. The summed E-state index contributed by atoms with van der Waals surface area (Å²) < 4.78 is 1.96. The zero-order valence-corrected chi connectivity index (χ0v) is 14.6. The van der Waals surface area contributed by atoms with Crippen LogP contribution in [-0.4, -0.2) is 20.3 Å². The van der Waals surface area contributed by atoms with Crippen molar-refractivity contribution in [2.75, 3.05) is 5.32 Å². The van der Waals surface area contributed by atoms with Gasteiger partial charge in [-0.15, -0.1) is 11.3 Å². The quantitative estimate of drug-likeness (QED) is 0.584. The molecule has 0 saturated carbocycles. The smallest absolute Gasteiger partial charge is 0.231 e. The Hall–Kier alpha value is -2.70. The number of benzene rings is 1. The van der Waals surface area contributed by atoms with Crippen molar-refractivity contribution in [1.29, 1.82) is 0 Å². The molecular weight excluding hydrogens is 356 g/mol. The van der Waals surface area contributed by atoms with E-state index >= 15 is 0 Å². The minimum absolute atomic E-state index is 0.135. The zero-order valence-electron chi connectivity index (χ0n) is 13.0. The predicted molar refractivity (Wildman–Crippen MR) is 100 cm³/mol. The standard InChI is InChI=1S/C18H13ClN4OS/c19-13-6-7-16(20-9-13)22-17(24)8-14-11-25-18-21-15(10-23(14)18)12-4-2-1-3-5-12/h1-7,9-11H,8H2,(H,20,22,24). The van der Waals surface area contributed by atoms with Crippen LogP contribution in [0.15, 0.2) is 60.2 Å². The lowest BCUT2D eigenvalue weighted by molar-refractivity contribution is -0.115. The van der Waals surface area contributed by atoms with E-state index in [1.807, 2.05) is 46.3 Å². The number of hydrogen-bond donors (Lipinski definition) is 1. The van der Waals surface area contributed by atoms with Crippen LogP contribution in [0.3, 0.4) is 0 Å². The Balaban J connectivity index is 1.54. The molecular formula is C18H13ClN4OS. The van der Waals surface area contributed by atoms with E-state index in [2.05, 4.69) is 15.3 Å². The molecule has 0 fully saturated rings. The number of thiazole rings is 1. The molecule has 0 saturated heterocycles. The number of pyridine rings is 1. The Morgan fingerprint density at radius 1 is 1.20 bits per heavy atom. The number of hydrogen-bond acceptors (Lipinski definition) is 4. The highest BCUT2D eigenvalue weighted by atomic mass is 35.5. The molecule has 4 aromatic rings. The van der Waals surface area contributed by atoms with E-state index in [0.29, 0.717) is 10.8 Å². The zero-order chi connectivity index (χ0) is 17.2. The van der Waals surface area contributed by atoms with Gasteiger partial charge in [-0.1, -0.05) is 41.9 Å². The Morgan fingerprint density at radius 2 is 2.04 bits per heavy atom. The highest BCUT2D eigenvalue weighted by Crippen LogP contribution is 2.24. The fourth-order valence-corrected chi connectivity index (χ4v) is 3.49. The molecule has 3 aromatic heterocycles. The minimum Gasteiger partial charge on any atom is -0.310 e. The summed E-state index contributed by atoms with van der Waals surface area (Å²) in [6.45, 7) is 0. The van der Waals surface area contributed by atoms with Gasteiger partial charge in [-0.25, -0.2) is 9.97 Å². The SMILES string of the molecule is O=C(Cc1csc2nc(-c3ccccc3)cn12)Nc1ccc(Cl)cn1. The molecule has 0 aliphatic heterocycles. The molecule has 7 heteroatoms. The highest BCUT2D eigenvalue weighted by molar-refractivity contribution is 7.15. The van der Waals surface area contributed by atoms with Gasteiger partial charge in [-0.3, -0.25) is 9.20 Å². The monoisotopic (exact) mass is 368 g/mol. The molecule has 0 aliphatic rings. The molecule has 5 nitrogen and oxygen atoms in total. The van der Waals surface area contributed by atoms with E-state index in [1.165, 1.54) is 17.5 Å². The van der Waals surface area contributed by atoms with Gasteiger partial charge in [-0.2, -0.15) is 0 Å². The summed E-state index contributed by atoms with van der Waals surface area (Å²) in [7, 11) is 0. The molecule has 1 aromatic carbocycles. The Labute approximate surface area is 152 Å². The van der Waals surface area contributed by atoms with E-state index in [9.17, 15) is 4.79 Å². The van der Waals surface area contributed by atoms with Gasteiger partial charge in [0.15, 0.2) is 4.96 Å². The lowest BCUT2D eigenvalue weighted by atomic mass is 10.2. The van der Waals surface area contributed by atoms with Crippen molar-refractivity contribution in [3.8, 4) is 11.3 Å². The minimum atomic E-state index is -0.135. The number of rotatable bonds is 4. The third kappa shape index (κ3) is 3.40. The van der Waals surface area contributed by atoms with Crippen LogP contribution in [0.1, 0.15) is 5.69 Å². The van der Waals surface area contributed by atoms with E-state index in [1.54, 1.807) is 12.1 Å². The number of anilines is 1. The fraction of sp³-hybridized carbons (Fsp3) is 0.0556. The first-order valence-corrected chi connectivity index (χ1v) is 8.87. The maximum Gasteiger partial charge on any atom is 0.231 e. The predicted octanol–water partition coefficient (Wildman–Crippen LogP) is 4.29. The average Bonchev–Trinajstić information content (AvgIpc) is 3.20. The first-order chi connectivity index (χ1) is 12.2. The highest BCUT2D eigenvalue weighted by Gasteiger charge is 2.13. The van der Waals surface area contributed by atoms with Crippen LogP contribution in [0.2, 0.25) is 5.02 Å². The van der Waals surface area contributed by atoms with Gasteiger partial charge < -0.3 is 5.32 Å². The van der Waals surface area contributed by atoms with Crippen molar-refractivity contribution in [1.82, 2.24) is 14.4 Å². The number of imidazole rings is 1. The van der Waals surface area contributed by atoms with Crippen molar-refractivity contribution < 1.29 is 4.79 Å². The largest absolute Gasteiger partial charge is 0.310 e. The topological polar surface area (TPSA) is 59.3 Å². The third-order valence-electron chi connectivity index (χ3n) is 3.69. The van der Waals surface area contributed by atoms with Crippen LogP contribution in [0, 0.1) is 0 Å². The van der Waals surface area contributed by atoms with Crippen LogP contribution in [0.5, 0.6) is 0 Å². The van der Waals surface area contributed by atoms with Gasteiger partial charge >= 0.3 is 0 Å². The average molecular weight is 369 g/mol. The lowest BCUT2D eigenvalue weighted by Gasteiger charge is -2.03. The summed E-state index contributed by atoms with van der Waals surface area (Å²) in [5, 5.41) is 5.26. The first-order valence-electron chi connectivity index (χ1n) is 7.61. The number of carbonyl (C=O) groups excluding carboxylic acids is 1. The van der Waals surface area contributed by atoms with Gasteiger partial charge in [0, 0.05) is 29.0 Å². The number of amides is 1. The van der Waals surface area contributed by atoms with Gasteiger partial charge in [0.25, 0.3) is 0 Å². The molecule has 1 N–H and O–H groups in total.